The SMILES string of the molecule is CCOc1cc(CNCCc2ccccc2F)ccc1Oc1nnnn1-c1ccccc1. The number of nitrogens with one attached hydrogen (secondary N) is 1. The van der Waals surface area contributed by atoms with Gasteiger partial charge < -0.3 is 14.8 Å². The molecule has 32 heavy (non-hydrogen) atoms. The first-order valence-corrected chi connectivity index (χ1v) is 10.5. The number of nitrogens with zero attached hydrogens (tertiary/aromatic N) is 4. The third-order valence-corrected chi connectivity index (χ3v) is 4.81. The summed E-state index contributed by atoms with van der Waals surface area (Å²) >= 11 is 0. The summed E-state index contributed by atoms with van der Waals surface area (Å²) in [4.78, 5) is 0. The first kappa shape index (κ1) is 21.5. The predicted molar refractivity (Wildman–Crippen MR) is 119 cm³/mol. The molecule has 0 radical (unpaired) electrons. The van der Waals surface area contributed by atoms with E-state index in [4.69, 9.17) is 9.47 Å². The van der Waals surface area contributed by atoms with Crippen molar-refractivity contribution in [2.24, 2.45) is 0 Å². The zero-order valence-corrected chi connectivity index (χ0v) is 17.7. The van der Waals surface area contributed by atoms with Crippen molar-refractivity contribution < 1.29 is 13.9 Å². The van der Waals surface area contributed by atoms with Crippen LogP contribution in [0.2, 0.25) is 0 Å². The molecule has 1 aromatic heterocycles. The third-order valence-electron chi connectivity index (χ3n) is 4.81. The number of rotatable bonds is 10. The lowest BCUT2D eigenvalue weighted by molar-refractivity contribution is 0.315. The molecule has 164 valence electrons. The van der Waals surface area contributed by atoms with Gasteiger partial charge in [-0.05, 0) is 71.8 Å². The van der Waals surface area contributed by atoms with Crippen molar-refractivity contribution in [1.82, 2.24) is 25.5 Å². The number of ether oxygens (including phenoxy) is 2. The summed E-state index contributed by atoms with van der Waals surface area (Å²) in [6.07, 6.45) is 0.619. The van der Waals surface area contributed by atoms with Gasteiger partial charge in [-0.1, -0.05) is 47.6 Å². The van der Waals surface area contributed by atoms with E-state index in [2.05, 4.69) is 20.8 Å². The summed E-state index contributed by atoms with van der Waals surface area (Å²) < 4.78 is 27.0. The van der Waals surface area contributed by atoms with Gasteiger partial charge in [0.1, 0.15) is 5.82 Å². The minimum Gasteiger partial charge on any atom is -0.490 e. The normalized spacial score (nSPS) is 10.8. The summed E-state index contributed by atoms with van der Waals surface area (Å²) in [5.74, 6) is 0.949. The fraction of sp³-hybridized carbons (Fsp3) is 0.208. The van der Waals surface area contributed by atoms with Gasteiger partial charge in [0.15, 0.2) is 11.5 Å². The highest BCUT2D eigenvalue weighted by atomic mass is 19.1. The summed E-state index contributed by atoms with van der Waals surface area (Å²) in [6.45, 7) is 3.69. The van der Waals surface area contributed by atoms with Crippen molar-refractivity contribution in [1.29, 1.82) is 0 Å². The standard InChI is InChI=1S/C24H24FN5O2/c1-2-31-23-16-18(17-26-15-14-19-8-6-7-11-21(19)25)12-13-22(23)32-24-27-28-29-30(24)20-9-4-3-5-10-20/h3-13,16,26H,2,14-15,17H2,1H3. The average molecular weight is 433 g/mol. The second-order valence-electron chi connectivity index (χ2n) is 7.04. The molecule has 0 aliphatic heterocycles. The van der Waals surface area contributed by atoms with Gasteiger partial charge in [0, 0.05) is 6.54 Å². The molecular weight excluding hydrogens is 409 g/mol. The Morgan fingerprint density at radius 1 is 0.969 bits per heavy atom. The Kier molecular flexibility index (Phi) is 7.04. The molecule has 4 aromatic rings. The molecule has 0 amide bonds. The summed E-state index contributed by atoms with van der Waals surface area (Å²) in [5, 5.41) is 15.1. The lowest BCUT2D eigenvalue weighted by atomic mass is 10.1. The van der Waals surface area contributed by atoms with E-state index >= 15 is 0 Å². The minimum absolute atomic E-state index is 0.174. The highest BCUT2D eigenvalue weighted by molar-refractivity contribution is 5.45. The molecule has 0 atom stereocenters. The summed E-state index contributed by atoms with van der Waals surface area (Å²) in [5.41, 5.74) is 2.52. The van der Waals surface area contributed by atoms with E-state index in [0.717, 1.165) is 11.3 Å². The number of hydrogen-bond acceptors (Lipinski definition) is 6. The van der Waals surface area contributed by atoms with E-state index in [1.165, 1.54) is 10.7 Å². The number of para-hydroxylation sites is 1. The topological polar surface area (TPSA) is 74.1 Å². The molecule has 0 spiro atoms. The van der Waals surface area contributed by atoms with E-state index in [1.807, 2.05) is 61.5 Å². The van der Waals surface area contributed by atoms with Gasteiger partial charge in [-0.25, -0.2) is 4.39 Å². The molecule has 0 saturated carbocycles. The van der Waals surface area contributed by atoms with Gasteiger partial charge in [-0.2, -0.15) is 4.68 Å². The van der Waals surface area contributed by atoms with Gasteiger partial charge in [-0.15, -0.1) is 0 Å². The van der Waals surface area contributed by atoms with Crippen LogP contribution < -0.4 is 14.8 Å². The van der Waals surface area contributed by atoms with Crippen molar-refractivity contribution in [2.75, 3.05) is 13.2 Å². The molecule has 0 aliphatic carbocycles. The Balaban J connectivity index is 1.42. The van der Waals surface area contributed by atoms with Crippen LogP contribution in [0, 0.1) is 5.82 Å². The molecule has 1 heterocycles. The molecule has 0 bridgehead atoms. The van der Waals surface area contributed by atoms with Crippen LogP contribution in [0.25, 0.3) is 5.69 Å². The predicted octanol–water partition coefficient (Wildman–Crippen LogP) is 4.32. The van der Waals surface area contributed by atoms with Gasteiger partial charge in [0.05, 0.1) is 12.3 Å². The molecule has 3 aromatic carbocycles. The van der Waals surface area contributed by atoms with Crippen LogP contribution in [0.4, 0.5) is 4.39 Å². The van der Waals surface area contributed by atoms with E-state index in [1.54, 1.807) is 12.1 Å². The molecule has 1 N–H and O–H groups in total. The second kappa shape index (κ2) is 10.5. The minimum atomic E-state index is -0.174. The van der Waals surface area contributed by atoms with Crippen LogP contribution in [0.1, 0.15) is 18.1 Å². The van der Waals surface area contributed by atoms with Crippen LogP contribution in [0.5, 0.6) is 17.5 Å². The van der Waals surface area contributed by atoms with Crippen molar-refractivity contribution in [3.63, 3.8) is 0 Å². The maximum Gasteiger partial charge on any atom is 0.346 e. The fourth-order valence-electron chi connectivity index (χ4n) is 3.24. The number of hydrogen-bond donors (Lipinski definition) is 1. The Morgan fingerprint density at radius 3 is 2.59 bits per heavy atom. The van der Waals surface area contributed by atoms with Gasteiger partial charge in [0.25, 0.3) is 0 Å². The molecule has 4 rings (SSSR count). The first-order valence-electron chi connectivity index (χ1n) is 10.5. The maximum atomic E-state index is 13.7. The number of tetrazole rings is 1. The van der Waals surface area contributed by atoms with Gasteiger partial charge in [-0.3, -0.25) is 0 Å². The van der Waals surface area contributed by atoms with Crippen molar-refractivity contribution in [3.8, 4) is 23.2 Å². The average Bonchev–Trinajstić information content (AvgIpc) is 3.28. The molecule has 8 heteroatoms. The van der Waals surface area contributed by atoms with Crippen molar-refractivity contribution in [2.45, 2.75) is 19.9 Å². The van der Waals surface area contributed by atoms with Crippen molar-refractivity contribution in [3.05, 3.63) is 89.7 Å². The molecule has 0 unspecified atom stereocenters. The quantitative estimate of drug-likeness (QED) is 0.376. The van der Waals surface area contributed by atoms with E-state index in [0.29, 0.717) is 43.2 Å². The highest BCUT2D eigenvalue weighted by Crippen LogP contribution is 2.32. The number of aromatic nitrogens is 4. The molecular formula is C24H24FN5O2. The highest BCUT2D eigenvalue weighted by Gasteiger charge is 2.14. The second-order valence-corrected chi connectivity index (χ2v) is 7.04. The summed E-state index contributed by atoms with van der Waals surface area (Å²) in [6, 6.07) is 22.3. The monoisotopic (exact) mass is 433 g/mol. The lowest BCUT2D eigenvalue weighted by Crippen LogP contribution is -2.17. The zero-order valence-electron chi connectivity index (χ0n) is 17.7. The van der Waals surface area contributed by atoms with Gasteiger partial charge in [0.2, 0.25) is 0 Å². The Bertz CT molecular complexity index is 1150. The smallest absolute Gasteiger partial charge is 0.346 e. The van der Waals surface area contributed by atoms with Crippen molar-refractivity contribution >= 4 is 0 Å². The van der Waals surface area contributed by atoms with E-state index in [9.17, 15) is 4.39 Å². The summed E-state index contributed by atoms with van der Waals surface area (Å²) in [7, 11) is 0. The molecule has 0 aliphatic rings. The third kappa shape index (κ3) is 5.28. The molecule has 7 nitrogen and oxygen atoms in total. The Labute approximate surface area is 185 Å². The largest absolute Gasteiger partial charge is 0.490 e. The van der Waals surface area contributed by atoms with Crippen LogP contribution in [0.3, 0.4) is 0 Å². The fourth-order valence-corrected chi connectivity index (χ4v) is 3.24. The maximum absolute atomic E-state index is 13.7. The number of benzene rings is 3. The van der Waals surface area contributed by atoms with Crippen LogP contribution >= 0.6 is 0 Å². The van der Waals surface area contributed by atoms with E-state index in [-0.39, 0.29) is 11.8 Å². The molecule has 0 fully saturated rings. The van der Waals surface area contributed by atoms with Crippen LogP contribution in [0.15, 0.2) is 72.8 Å². The van der Waals surface area contributed by atoms with Gasteiger partial charge >= 0.3 is 6.01 Å². The van der Waals surface area contributed by atoms with E-state index < -0.39 is 0 Å². The zero-order chi connectivity index (χ0) is 22.2. The Hall–Kier alpha value is -3.78. The first-order chi connectivity index (χ1) is 15.7. The van der Waals surface area contributed by atoms with Crippen LogP contribution in [-0.4, -0.2) is 33.4 Å². The lowest BCUT2D eigenvalue weighted by Gasteiger charge is -2.13. The van der Waals surface area contributed by atoms with Crippen LogP contribution in [-0.2, 0) is 13.0 Å². The Morgan fingerprint density at radius 2 is 1.78 bits per heavy atom. The molecule has 0 saturated heterocycles. The number of halogens is 1.